The molecule has 0 atom stereocenters. The quantitative estimate of drug-likeness (QED) is 0.0362. The molecule has 0 rings (SSSR count). The number of amides is 2. The predicted octanol–water partition coefficient (Wildman–Crippen LogP) is 11.5. The Balaban J connectivity index is 4.31. The largest absolute Gasteiger partial charge is 0.457 e. The molecule has 0 aromatic carbocycles. The first-order valence-corrected chi connectivity index (χ1v) is 22.7. The fourth-order valence-electron chi connectivity index (χ4n) is 5.43. The summed E-state index contributed by atoms with van der Waals surface area (Å²) in [6.45, 7) is 3.82. The Hall–Kier alpha value is -4.79. The maximum atomic E-state index is 12.8. The van der Waals surface area contributed by atoms with Crippen LogP contribution in [0.5, 0.6) is 0 Å². The Morgan fingerprint density at radius 3 is 0.951 bits per heavy atom. The van der Waals surface area contributed by atoms with Gasteiger partial charge in [-0.1, -0.05) is 160 Å². The summed E-state index contributed by atoms with van der Waals surface area (Å²) in [5.41, 5.74) is 0. The standard InChI is InChI=1S/C53H80N2O6/c1-3-5-7-9-11-13-15-17-19-21-23-25-27-29-31-33-35-37-39-41-51(58)54-45-43-49(53(60)61-50(47-56)48-57)44-46-55-52(59)42-40-38-36-34-32-30-28-26-24-22-20-18-16-14-12-10-8-6-4-2/h5-8,11-14,17-20,23-26,29-32,35-38,49-50,56-57H,3-4,9-10,15-16,21-22,27-28,33-34,39-48H2,1-2H3,(H,54,58)(H,55,59). The molecule has 0 saturated carbocycles. The first-order valence-electron chi connectivity index (χ1n) is 22.7. The van der Waals surface area contributed by atoms with Crippen molar-refractivity contribution in [1.82, 2.24) is 10.6 Å². The number of hydrogen-bond acceptors (Lipinski definition) is 6. The Bertz CT molecular complexity index is 1360. The summed E-state index contributed by atoms with van der Waals surface area (Å²) in [4.78, 5) is 37.7. The summed E-state index contributed by atoms with van der Waals surface area (Å²) in [5, 5.41) is 24.5. The van der Waals surface area contributed by atoms with E-state index in [4.69, 9.17) is 4.74 Å². The van der Waals surface area contributed by atoms with Crippen LogP contribution in [0.25, 0.3) is 0 Å². The minimum atomic E-state index is -1.01. The van der Waals surface area contributed by atoms with Crippen molar-refractivity contribution >= 4 is 17.8 Å². The van der Waals surface area contributed by atoms with Crippen molar-refractivity contribution in [2.75, 3.05) is 26.3 Å². The molecule has 0 bridgehead atoms. The van der Waals surface area contributed by atoms with Crippen LogP contribution in [-0.2, 0) is 19.1 Å². The molecule has 0 heterocycles. The molecule has 4 N–H and O–H groups in total. The molecule has 0 fully saturated rings. The Labute approximate surface area is 370 Å². The summed E-state index contributed by atoms with van der Waals surface area (Å²) >= 11 is 0. The van der Waals surface area contributed by atoms with Gasteiger partial charge in [0.2, 0.25) is 11.8 Å². The van der Waals surface area contributed by atoms with E-state index in [2.05, 4.69) is 146 Å². The van der Waals surface area contributed by atoms with Gasteiger partial charge in [0.1, 0.15) is 6.10 Å². The van der Waals surface area contributed by atoms with Crippen LogP contribution in [-0.4, -0.2) is 60.4 Å². The van der Waals surface area contributed by atoms with Crippen LogP contribution in [0.3, 0.4) is 0 Å². The lowest BCUT2D eigenvalue weighted by Crippen LogP contribution is -2.34. The van der Waals surface area contributed by atoms with Crippen molar-refractivity contribution in [3.8, 4) is 0 Å². The molecule has 8 nitrogen and oxygen atoms in total. The van der Waals surface area contributed by atoms with Crippen LogP contribution < -0.4 is 10.6 Å². The maximum absolute atomic E-state index is 12.8. The average Bonchev–Trinajstić information content (AvgIpc) is 3.26. The molecule has 0 aromatic rings. The lowest BCUT2D eigenvalue weighted by molar-refractivity contribution is -0.159. The normalized spacial score (nSPS) is 13.5. The van der Waals surface area contributed by atoms with E-state index in [-0.39, 0.29) is 24.9 Å². The third-order valence-electron chi connectivity index (χ3n) is 8.92. The summed E-state index contributed by atoms with van der Waals surface area (Å²) < 4.78 is 5.26. The lowest BCUT2D eigenvalue weighted by atomic mass is 10.0. The van der Waals surface area contributed by atoms with Gasteiger partial charge in [0, 0.05) is 25.9 Å². The summed E-state index contributed by atoms with van der Waals surface area (Å²) in [7, 11) is 0. The zero-order chi connectivity index (χ0) is 44.5. The highest BCUT2D eigenvalue weighted by Crippen LogP contribution is 2.12. The molecule has 61 heavy (non-hydrogen) atoms. The van der Waals surface area contributed by atoms with Gasteiger partial charge in [0.15, 0.2) is 0 Å². The molecule has 0 spiro atoms. The Morgan fingerprint density at radius 1 is 0.426 bits per heavy atom. The van der Waals surface area contributed by atoms with E-state index in [9.17, 15) is 24.6 Å². The first-order chi connectivity index (χ1) is 30.0. The molecule has 0 aliphatic heterocycles. The topological polar surface area (TPSA) is 125 Å². The van der Waals surface area contributed by atoms with Crippen molar-refractivity contribution in [1.29, 1.82) is 0 Å². The van der Waals surface area contributed by atoms with Crippen LogP contribution in [0.2, 0.25) is 0 Å². The summed E-state index contributed by atoms with van der Waals surface area (Å²) in [6, 6.07) is 0. The van der Waals surface area contributed by atoms with Crippen molar-refractivity contribution in [2.45, 2.75) is 136 Å². The van der Waals surface area contributed by atoms with Gasteiger partial charge in [0.25, 0.3) is 0 Å². The van der Waals surface area contributed by atoms with Gasteiger partial charge in [0.05, 0.1) is 19.1 Å². The van der Waals surface area contributed by atoms with Crippen LogP contribution >= 0.6 is 0 Å². The fraction of sp³-hybridized carbons (Fsp3) is 0.491. The molecular formula is C53H80N2O6. The lowest BCUT2D eigenvalue weighted by Gasteiger charge is -2.20. The predicted molar refractivity (Wildman–Crippen MR) is 258 cm³/mol. The van der Waals surface area contributed by atoms with Crippen molar-refractivity contribution in [3.05, 3.63) is 146 Å². The number of hydrogen-bond donors (Lipinski definition) is 4. The monoisotopic (exact) mass is 841 g/mol. The Kier molecular flexibility index (Phi) is 42.6. The number of esters is 1. The maximum Gasteiger partial charge on any atom is 0.309 e. The van der Waals surface area contributed by atoms with Gasteiger partial charge in [-0.25, -0.2) is 0 Å². The van der Waals surface area contributed by atoms with Gasteiger partial charge in [-0.2, -0.15) is 0 Å². The Morgan fingerprint density at radius 2 is 0.689 bits per heavy atom. The minimum Gasteiger partial charge on any atom is -0.457 e. The SMILES string of the molecule is CCC=CCC=CCC=CCC=CCC=CCC=CCCC(=O)NCCC(CCNC(=O)CCC=CCC=CCC=CCC=CCC=CCC=CCC)C(=O)OC(CO)CO. The van der Waals surface area contributed by atoms with Crippen LogP contribution in [0, 0.1) is 5.92 Å². The summed E-state index contributed by atoms with van der Waals surface area (Å²) in [5.74, 6) is -1.42. The number of carbonyl (C=O) groups is 3. The first kappa shape index (κ1) is 56.2. The van der Waals surface area contributed by atoms with E-state index in [1.54, 1.807) is 0 Å². The average molecular weight is 841 g/mol. The molecule has 8 heteroatoms. The molecule has 2 amide bonds. The van der Waals surface area contributed by atoms with E-state index in [1.165, 1.54) is 0 Å². The molecule has 0 aliphatic rings. The highest BCUT2D eigenvalue weighted by atomic mass is 16.6. The van der Waals surface area contributed by atoms with E-state index in [0.29, 0.717) is 38.5 Å². The van der Waals surface area contributed by atoms with Gasteiger partial charge in [-0.3, -0.25) is 14.4 Å². The van der Waals surface area contributed by atoms with Gasteiger partial charge >= 0.3 is 5.97 Å². The van der Waals surface area contributed by atoms with Gasteiger partial charge < -0.3 is 25.6 Å². The fourth-order valence-corrected chi connectivity index (χ4v) is 5.43. The highest BCUT2D eigenvalue weighted by molar-refractivity contribution is 5.77. The number of aliphatic hydroxyl groups is 2. The number of rotatable bonds is 38. The van der Waals surface area contributed by atoms with Crippen molar-refractivity contribution in [2.24, 2.45) is 5.92 Å². The second-order valence-corrected chi connectivity index (χ2v) is 14.3. The molecule has 0 aliphatic carbocycles. The number of allylic oxidation sites excluding steroid dienone is 24. The second kappa shape index (κ2) is 46.3. The molecule has 0 radical (unpaired) electrons. The van der Waals surface area contributed by atoms with E-state index in [0.717, 1.165) is 77.0 Å². The highest BCUT2D eigenvalue weighted by Gasteiger charge is 2.23. The zero-order valence-electron chi connectivity index (χ0n) is 37.6. The molecule has 0 unspecified atom stereocenters. The zero-order valence-corrected chi connectivity index (χ0v) is 37.6. The molecule has 0 aromatic heterocycles. The van der Waals surface area contributed by atoms with Crippen molar-refractivity contribution < 1.29 is 29.3 Å². The van der Waals surface area contributed by atoms with Crippen LogP contribution in [0.1, 0.15) is 129 Å². The van der Waals surface area contributed by atoms with Crippen LogP contribution in [0.4, 0.5) is 0 Å². The molecule has 338 valence electrons. The molecular weight excluding hydrogens is 761 g/mol. The number of carbonyl (C=O) groups excluding carboxylic acids is 3. The van der Waals surface area contributed by atoms with E-state index < -0.39 is 31.2 Å². The van der Waals surface area contributed by atoms with Crippen LogP contribution in [0.15, 0.2) is 146 Å². The smallest absolute Gasteiger partial charge is 0.309 e. The van der Waals surface area contributed by atoms with E-state index >= 15 is 0 Å². The van der Waals surface area contributed by atoms with Crippen molar-refractivity contribution in [3.63, 3.8) is 0 Å². The summed E-state index contributed by atoms with van der Waals surface area (Å²) in [6.07, 6.45) is 64.4. The minimum absolute atomic E-state index is 0.113. The third-order valence-corrected chi connectivity index (χ3v) is 8.92. The number of nitrogens with one attached hydrogen (secondary N) is 2. The van der Waals surface area contributed by atoms with E-state index in [1.807, 2.05) is 24.3 Å². The third kappa shape index (κ3) is 41.7. The van der Waals surface area contributed by atoms with Gasteiger partial charge in [-0.15, -0.1) is 0 Å². The van der Waals surface area contributed by atoms with Gasteiger partial charge in [-0.05, 0) is 103 Å². The molecule has 0 saturated heterocycles. The number of aliphatic hydroxyl groups excluding tert-OH is 2. The number of ether oxygens (including phenoxy) is 1. The second-order valence-electron chi connectivity index (χ2n) is 14.3.